The number of alkyl halides is 3. The molecule has 0 spiro atoms. The van der Waals surface area contributed by atoms with Crippen LogP contribution in [0.5, 0.6) is 11.5 Å². The number of fused-ring (bicyclic) bond motifs is 1. The fourth-order valence-corrected chi connectivity index (χ4v) is 4.03. The number of carbonyl (C=O) groups is 1. The van der Waals surface area contributed by atoms with E-state index in [4.69, 9.17) is 9.47 Å². The van der Waals surface area contributed by atoms with Gasteiger partial charge in [0.15, 0.2) is 11.5 Å². The Labute approximate surface area is 188 Å². The topological polar surface area (TPSA) is 76.6 Å². The van der Waals surface area contributed by atoms with E-state index in [2.05, 4.69) is 15.3 Å². The molecule has 1 aromatic heterocycles. The van der Waals surface area contributed by atoms with Crippen LogP contribution in [0.25, 0.3) is 10.9 Å². The van der Waals surface area contributed by atoms with Crippen molar-refractivity contribution in [3.63, 3.8) is 0 Å². The molecule has 0 saturated carbocycles. The highest BCUT2D eigenvalue weighted by Gasteiger charge is 2.30. The second kappa shape index (κ2) is 9.13. The second-order valence-electron chi connectivity index (χ2n) is 7.75. The van der Waals surface area contributed by atoms with Crippen LogP contribution in [-0.2, 0) is 6.18 Å². The maximum atomic E-state index is 12.7. The number of hydrogen-bond acceptors (Lipinski definition) is 5. The molecule has 2 amide bonds. The van der Waals surface area contributed by atoms with Crippen LogP contribution in [0.2, 0.25) is 0 Å². The largest absolute Gasteiger partial charge is 0.493 e. The fourth-order valence-electron chi connectivity index (χ4n) is 4.03. The standard InChI is InChI=1S/C23H23F3N4O3/c1-32-19-11-17-18(12-20(19)33-2)27-13-28-21(17)14-7-9-30(10-8-14)22(31)29-16-5-3-15(4-6-16)23(24,25)26/h3-6,11-14H,7-10H2,1-2H3,(H,29,31). The van der Waals surface area contributed by atoms with E-state index >= 15 is 0 Å². The van der Waals surface area contributed by atoms with E-state index in [0.29, 0.717) is 43.1 Å². The lowest BCUT2D eigenvalue weighted by molar-refractivity contribution is -0.137. The molecule has 3 aromatic rings. The number of nitrogens with one attached hydrogen (secondary N) is 1. The van der Waals surface area contributed by atoms with Gasteiger partial charge in [-0.25, -0.2) is 14.8 Å². The summed E-state index contributed by atoms with van der Waals surface area (Å²) < 4.78 is 48.9. The number of aromatic nitrogens is 2. The van der Waals surface area contributed by atoms with Crippen molar-refractivity contribution in [3.8, 4) is 11.5 Å². The molecule has 33 heavy (non-hydrogen) atoms. The summed E-state index contributed by atoms with van der Waals surface area (Å²) in [5.74, 6) is 1.31. The molecular formula is C23H23F3N4O3. The number of hydrogen-bond donors (Lipinski definition) is 1. The van der Waals surface area contributed by atoms with Gasteiger partial charge in [0, 0.05) is 36.1 Å². The summed E-state index contributed by atoms with van der Waals surface area (Å²) in [5.41, 5.74) is 1.20. The van der Waals surface area contributed by atoms with Crippen molar-refractivity contribution in [2.75, 3.05) is 32.6 Å². The predicted octanol–water partition coefficient (Wildman–Crippen LogP) is 5.08. The molecule has 0 radical (unpaired) electrons. The van der Waals surface area contributed by atoms with Crippen molar-refractivity contribution < 1.29 is 27.4 Å². The third kappa shape index (κ3) is 4.79. The molecule has 7 nitrogen and oxygen atoms in total. The number of anilines is 1. The van der Waals surface area contributed by atoms with Crippen molar-refractivity contribution >= 4 is 22.6 Å². The van der Waals surface area contributed by atoms with Crippen LogP contribution in [0, 0.1) is 0 Å². The molecule has 0 atom stereocenters. The average molecular weight is 460 g/mol. The van der Waals surface area contributed by atoms with Crippen molar-refractivity contribution in [2.45, 2.75) is 24.9 Å². The Bertz CT molecular complexity index is 1140. The van der Waals surface area contributed by atoms with E-state index < -0.39 is 11.7 Å². The molecule has 1 N–H and O–H groups in total. The lowest BCUT2D eigenvalue weighted by atomic mass is 9.91. The van der Waals surface area contributed by atoms with E-state index in [1.807, 2.05) is 12.1 Å². The zero-order chi connectivity index (χ0) is 23.6. The van der Waals surface area contributed by atoms with Crippen LogP contribution in [-0.4, -0.2) is 48.2 Å². The fraction of sp³-hybridized carbons (Fsp3) is 0.348. The van der Waals surface area contributed by atoms with E-state index in [1.54, 1.807) is 19.1 Å². The average Bonchev–Trinajstić information content (AvgIpc) is 2.82. The lowest BCUT2D eigenvalue weighted by Gasteiger charge is -2.32. The zero-order valence-electron chi connectivity index (χ0n) is 18.1. The number of amides is 2. The summed E-state index contributed by atoms with van der Waals surface area (Å²) in [6, 6.07) is 7.74. The van der Waals surface area contributed by atoms with Crippen LogP contribution in [0.15, 0.2) is 42.7 Å². The number of carbonyl (C=O) groups excluding carboxylic acids is 1. The Morgan fingerprint density at radius 2 is 1.67 bits per heavy atom. The SMILES string of the molecule is COc1cc2ncnc(C3CCN(C(=O)Nc4ccc(C(F)(F)F)cc4)CC3)c2cc1OC. The van der Waals surface area contributed by atoms with Crippen LogP contribution in [0.1, 0.15) is 30.0 Å². The highest BCUT2D eigenvalue weighted by atomic mass is 19.4. The second-order valence-corrected chi connectivity index (χ2v) is 7.75. The first-order chi connectivity index (χ1) is 15.8. The third-order valence-electron chi connectivity index (χ3n) is 5.80. The van der Waals surface area contributed by atoms with Gasteiger partial charge in [0.05, 0.1) is 31.0 Å². The maximum absolute atomic E-state index is 12.7. The minimum atomic E-state index is -4.41. The molecule has 10 heteroatoms. The van der Waals surface area contributed by atoms with Crippen molar-refractivity contribution in [1.82, 2.24) is 14.9 Å². The van der Waals surface area contributed by atoms with Gasteiger partial charge in [0.1, 0.15) is 6.33 Å². The number of likely N-dealkylation sites (tertiary alicyclic amines) is 1. The third-order valence-corrected chi connectivity index (χ3v) is 5.80. The molecule has 174 valence electrons. The summed E-state index contributed by atoms with van der Waals surface area (Å²) >= 11 is 0. The van der Waals surface area contributed by atoms with Gasteiger partial charge in [-0.15, -0.1) is 0 Å². The van der Waals surface area contributed by atoms with Crippen LogP contribution in [0.4, 0.5) is 23.7 Å². The van der Waals surface area contributed by atoms with Crippen molar-refractivity contribution in [2.24, 2.45) is 0 Å². The number of ether oxygens (including phenoxy) is 2. The number of benzene rings is 2. The number of methoxy groups -OCH3 is 2. The first-order valence-corrected chi connectivity index (χ1v) is 10.4. The molecule has 0 aliphatic carbocycles. The van der Waals surface area contributed by atoms with E-state index in [1.165, 1.54) is 18.5 Å². The molecule has 4 rings (SSSR count). The van der Waals surface area contributed by atoms with E-state index in [0.717, 1.165) is 28.7 Å². The summed E-state index contributed by atoms with van der Waals surface area (Å²) in [7, 11) is 3.14. The van der Waals surface area contributed by atoms with Crippen molar-refractivity contribution in [3.05, 3.63) is 54.0 Å². The van der Waals surface area contributed by atoms with E-state index in [9.17, 15) is 18.0 Å². The van der Waals surface area contributed by atoms with Gasteiger partial charge in [-0.05, 0) is 43.2 Å². The first kappa shape index (κ1) is 22.6. The minimum Gasteiger partial charge on any atom is -0.493 e. The molecule has 0 bridgehead atoms. The Morgan fingerprint density at radius 1 is 1.03 bits per heavy atom. The van der Waals surface area contributed by atoms with Gasteiger partial charge in [-0.1, -0.05) is 0 Å². The summed E-state index contributed by atoms with van der Waals surface area (Å²) in [5, 5.41) is 3.54. The van der Waals surface area contributed by atoms with Gasteiger partial charge >= 0.3 is 12.2 Å². The number of nitrogens with zero attached hydrogens (tertiary/aromatic N) is 3. The first-order valence-electron chi connectivity index (χ1n) is 10.4. The highest BCUT2D eigenvalue weighted by Crippen LogP contribution is 2.37. The Morgan fingerprint density at radius 3 is 2.27 bits per heavy atom. The summed E-state index contributed by atoms with van der Waals surface area (Å²) in [6.45, 7) is 0.992. The predicted molar refractivity (Wildman–Crippen MR) is 117 cm³/mol. The summed E-state index contributed by atoms with van der Waals surface area (Å²) in [4.78, 5) is 23.1. The number of halogens is 3. The highest BCUT2D eigenvalue weighted by molar-refractivity contribution is 5.89. The van der Waals surface area contributed by atoms with Gasteiger partial charge in [0.2, 0.25) is 0 Å². The van der Waals surface area contributed by atoms with E-state index in [-0.39, 0.29) is 11.9 Å². The number of rotatable bonds is 4. The molecule has 1 aliphatic rings. The Kier molecular flexibility index (Phi) is 6.26. The molecule has 2 heterocycles. The van der Waals surface area contributed by atoms with Gasteiger partial charge < -0.3 is 19.7 Å². The smallest absolute Gasteiger partial charge is 0.416 e. The Hall–Kier alpha value is -3.56. The molecular weight excluding hydrogens is 437 g/mol. The van der Waals surface area contributed by atoms with Crippen LogP contribution < -0.4 is 14.8 Å². The molecule has 1 fully saturated rings. The maximum Gasteiger partial charge on any atom is 0.416 e. The molecule has 1 aliphatic heterocycles. The summed E-state index contributed by atoms with van der Waals surface area (Å²) in [6.07, 6.45) is -1.50. The minimum absolute atomic E-state index is 0.128. The van der Waals surface area contributed by atoms with Crippen LogP contribution in [0.3, 0.4) is 0 Å². The quantitative estimate of drug-likeness (QED) is 0.588. The molecule has 0 unspecified atom stereocenters. The zero-order valence-corrected chi connectivity index (χ0v) is 18.1. The normalized spacial score (nSPS) is 14.9. The van der Waals surface area contributed by atoms with Gasteiger partial charge in [0.25, 0.3) is 0 Å². The molecule has 1 saturated heterocycles. The molecule has 2 aromatic carbocycles. The number of piperidine rings is 1. The van der Waals surface area contributed by atoms with Crippen molar-refractivity contribution in [1.29, 1.82) is 0 Å². The van der Waals surface area contributed by atoms with Gasteiger partial charge in [-0.2, -0.15) is 13.2 Å². The Balaban J connectivity index is 1.43. The number of urea groups is 1. The van der Waals surface area contributed by atoms with Gasteiger partial charge in [-0.3, -0.25) is 0 Å². The van der Waals surface area contributed by atoms with Crippen LogP contribution >= 0.6 is 0 Å². The monoisotopic (exact) mass is 460 g/mol. The lowest BCUT2D eigenvalue weighted by Crippen LogP contribution is -2.40.